The van der Waals surface area contributed by atoms with Gasteiger partial charge in [0.2, 0.25) is 6.08 Å². The largest absolute Gasteiger partial charge is 0.235 e. The Hall–Kier alpha value is -1.40. The molecule has 0 heterocycles. The van der Waals surface area contributed by atoms with Crippen LogP contribution in [0.1, 0.15) is 29.5 Å². The van der Waals surface area contributed by atoms with Gasteiger partial charge >= 0.3 is 0 Å². The predicted octanol–water partition coefficient (Wildman–Crippen LogP) is 2.40. The number of aliphatic imine (C=N–C) groups is 1. The highest BCUT2D eigenvalue weighted by atomic mass is 16.1. The van der Waals surface area contributed by atoms with Gasteiger partial charge in [0, 0.05) is 0 Å². The van der Waals surface area contributed by atoms with E-state index in [-0.39, 0.29) is 0 Å². The Labute approximate surface area is 83.7 Å². The smallest absolute Gasteiger partial charge is 0.211 e. The fourth-order valence-electron chi connectivity index (χ4n) is 2.13. The Balaban J connectivity index is 2.34. The highest BCUT2D eigenvalue weighted by Crippen LogP contribution is 2.24. The average molecular weight is 187 g/mol. The van der Waals surface area contributed by atoms with Gasteiger partial charge in [0.15, 0.2) is 0 Å². The van der Waals surface area contributed by atoms with E-state index in [0.717, 1.165) is 6.42 Å². The predicted molar refractivity (Wildman–Crippen MR) is 54.9 cm³/mol. The van der Waals surface area contributed by atoms with Crippen molar-refractivity contribution in [1.29, 1.82) is 0 Å². The molecule has 1 aliphatic rings. The SMILES string of the molecule is O=C=NCc1cccc2c1CCCC2. The Bertz CT molecular complexity index is 378. The summed E-state index contributed by atoms with van der Waals surface area (Å²) in [5, 5.41) is 0. The van der Waals surface area contributed by atoms with Crippen molar-refractivity contribution in [2.24, 2.45) is 4.99 Å². The van der Waals surface area contributed by atoms with Gasteiger partial charge in [0.05, 0.1) is 6.54 Å². The molecule has 0 atom stereocenters. The van der Waals surface area contributed by atoms with Gasteiger partial charge in [0.25, 0.3) is 0 Å². The van der Waals surface area contributed by atoms with Crippen molar-refractivity contribution in [2.45, 2.75) is 32.2 Å². The van der Waals surface area contributed by atoms with Crippen LogP contribution in [0.3, 0.4) is 0 Å². The molecule has 1 aliphatic carbocycles. The summed E-state index contributed by atoms with van der Waals surface area (Å²) in [5.74, 6) is 0. The molecule has 1 aromatic carbocycles. The minimum absolute atomic E-state index is 0.493. The van der Waals surface area contributed by atoms with Crippen LogP contribution >= 0.6 is 0 Å². The van der Waals surface area contributed by atoms with E-state index < -0.39 is 0 Å². The summed E-state index contributed by atoms with van der Waals surface area (Å²) >= 11 is 0. The number of rotatable bonds is 2. The third-order valence-electron chi connectivity index (χ3n) is 2.81. The van der Waals surface area contributed by atoms with Crippen LogP contribution in [-0.2, 0) is 24.2 Å². The van der Waals surface area contributed by atoms with E-state index in [9.17, 15) is 4.79 Å². The highest BCUT2D eigenvalue weighted by Gasteiger charge is 2.11. The van der Waals surface area contributed by atoms with Crippen LogP contribution in [0.2, 0.25) is 0 Å². The summed E-state index contributed by atoms with van der Waals surface area (Å²) in [7, 11) is 0. The normalized spacial score (nSPS) is 14.3. The van der Waals surface area contributed by atoms with Gasteiger partial charge in [-0.2, -0.15) is 0 Å². The molecule has 0 saturated heterocycles. The van der Waals surface area contributed by atoms with E-state index in [0.29, 0.717) is 6.54 Å². The third-order valence-corrected chi connectivity index (χ3v) is 2.81. The van der Waals surface area contributed by atoms with Crippen molar-refractivity contribution in [3.63, 3.8) is 0 Å². The third kappa shape index (κ3) is 1.75. The monoisotopic (exact) mass is 187 g/mol. The lowest BCUT2D eigenvalue weighted by atomic mass is 9.88. The molecule has 0 amide bonds. The number of fused-ring (bicyclic) bond motifs is 1. The topological polar surface area (TPSA) is 29.4 Å². The molecule has 0 fully saturated rings. The van der Waals surface area contributed by atoms with Crippen LogP contribution in [0.25, 0.3) is 0 Å². The summed E-state index contributed by atoms with van der Waals surface area (Å²) in [4.78, 5) is 13.7. The lowest BCUT2D eigenvalue weighted by Crippen LogP contribution is -2.05. The van der Waals surface area contributed by atoms with Crippen LogP contribution in [0.5, 0.6) is 0 Å². The van der Waals surface area contributed by atoms with Crippen LogP contribution in [0, 0.1) is 0 Å². The van der Waals surface area contributed by atoms with Gasteiger partial charge in [-0.3, -0.25) is 0 Å². The van der Waals surface area contributed by atoms with E-state index >= 15 is 0 Å². The summed E-state index contributed by atoms with van der Waals surface area (Å²) in [5.41, 5.74) is 4.05. The molecule has 0 spiro atoms. The van der Waals surface area contributed by atoms with Crippen LogP contribution < -0.4 is 0 Å². The first-order chi connectivity index (χ1) is 6.92. The van der Waals surface area contributed by atoms with Crippen molar-refractivity contribution < 1.29 is 4.79 Å². The molecular formula is C12H13NO. The summed E-state index contributed by atoms with van der Waals surface area (Å²) in [6, 6.07) is 6.30. The van der Waals surface area contributed by atoms with Crippen molar-refractivity contribution in [1.82, 2.24) is 0 Å². The number of nitrogens with zero attached hydrogens (tertiary/aromatic N) is 1. The van der Waals surface area contributed by atoms with Crippen molar-refractivity contribution >= 4 is 6.08 Å². The van der Waals surface area contributed by atoms with Crippen molar-refractivity contribution in [3.05, 3.63) is 34.9 Å². The lowest BCUT2D eigenvalue weighted by Gasteiger charge is -2.18. The zero-order valence-electron chi connectivity index (χ0n) is 8.12. The van der Waals surface area contributed by atoms with E-state index in [2.05, 4.69) is 23.2 Å². The molecule has 2 nitrogen and oxygen atoms in total. The molecular weight excluding hydrogens is 174 g/mol. The maximum atomic E-state index is 10.1. The van der Waals surface area contributed by atoms with Gasteiger partial charge in [-0.25, -0.2) is 9.79 Å². The number of hydrogen-bond acceptors (Lipinski definition) is 2. The van der Waals surface area contributed by atoms with Crippen LogP contribution in [-0.4, -0.2) is 6.08 Å². The Morgan fingerprint density at radius 1 is 1.29 bits per heavy atom. The fourth-order valence-corrected chi connectivity index (χ4v) is 2.13. The van der Waals surface area contributed by atoms with E-state index in [1.807, 2.05) is 0 Å². The molecule has 0 unspecified atom stereocenters. The van der Waals surface area contributed by atoms with Crippen LogP contribution in [0.4, 0.5) is 0 Å². The molecule has 0 N–H and O–H groups in total. The molecule has 1 aromatic rings. The second-order valence-corrected chi connectivity index (χ2v) is 3.67. The van der Waals surface area contributed by atoms with Gasteiger partial charge in [0.1, 0.15) is 0 Å². The standard InChI is InChI=1S/C12H13NO/c14-9-13-8-11-6-3-5-10-4-1-2-7-12(10)11/h3,5-6H,1-2,4,7-8H2. The number of carbonyl (C=O) groups excluding carboxylic acids is 1. The molecule has 14 heavy (non-hydrogen) atoms. The van der Waals surface area contributed by atoms with Crippen molar-refractivity contribution in [3.8, 4) is 0 Å². The Morgan fingerprint density at radius 3 is 3.00 bits per heavy atom. The zero-order valence-corrected chi connectivity index (χ0v) is 8.12. The molecule has 72 valence electrons. The second kappa shape index (κ2) is 4.21. The molecule has 0 bridgehead atoms. The first-order valence-electron chi connectivity index (χ1n) is 5.05. The fraction of sp³-hybridized carbons (Fsp3) is 0.417. The number of aryl methyl sites for hydroxylation is 1. The Kier molecular flexibility index (Phi) is 2.76. The van der Waals surface area contributed by atoms with Crippen molar-refractivity contribution in [2.75, 3.05) is 0 Å². The quantitative estimate of drug-likeness (QED) is 0.516. The first kappa shape index (κ1) is 9.17. The molecule has 0 aliphatic heterocycles. The van der Waals surface area contributed by atoms with Gasteiger partial charge < -0.3 is 0 Å². The minimum Gasteiger partial charge on any atom is -0.211 e. The molecule has 2 rings (SSSR count). The minimum atomic E-state index is 0.493. The molecule has 0 aromatic heterocycles. The first-order valence-corrected chi connectivity index (χ1v) is 5.05. The Morgan fingerprint density at radius 2 is 2.14 bits per heavy atom. The van der Waals surface area contributed by atoms with Gasteiger partial charge in [-0.15, -0.1) is 0 Å². The lowest BCUT2D eigenvalue weighted by molar-refractivity contribution is 0.562. The van der Waals surface area contributed by atoms with E-state index in [1.54, 1.807) is 6.08 Å². The van der Waals surface area contributed by atoms with Gasteiger partial charge in [-0.05, 0) is 42.4 Å². The van der Waals surface area contributed by atoms with E-state index in [1.165, 1.54) is 36.0 Å². The average Bonchev–Trinajstić information content (AvgIpc) is 2.26. The summed E-state index contributed by atoms with van der Waals surface area (Å²) in [6.45, 7) is 0.493. The second-order valence-electron chi connectivity index (χ2n) is 3.67. The summed E-state index contributed by atoms with van der Waals surface area (Å²) < 4.78 is 0. The maximum absolute atomic E-state index is 10.1. The van der Waals surface area contributed by atoms with Crippen LogP contribution in [0.15, 0.2) is 23.2 Å². The molecule has 2 heteroatoms. The molecule has 0 saturated carbocycles. The van der Waals surface area contributed by atoms with Gasteiger partial charge in [-0.1, -0.05) is 18.2 Å². The van der Waals surface area contributed by atoms with E-state index in [4.69, 9.17) is 0 Å². The maximum Gasteiger partial charge on any atom is 0.235 e. The number of hydrogen-bond donors (Lipinski definition) is 0. The number of benzene rings is 1. The summed E-state index contributed by atoms with van der Waals surface area (Å²) in [6.07, 6.45) is 6.46. The highest BCUT2D eigenvalue weighted by molar-refractivity contribution is 5.39. The number of isocyanates is 1. The molecule has 0 radical (unpaired) electrons. The zero-order chi connectivity index (χ0) is 9.80.